The highest BCUT2D eigenvalue weighted by Crippen LogP contribution is 2.48. The van der Waals surface area contributed by atoms with E-state index in [0.29, 0.717) is 45.4 Å². The first-order valence-corrected chi connectivity index (χ1v) is 11.7. The molecule has 2 atom stereocenters. The molecule has 0 spiro atoms. The number of esters is 1. The van der Waals surface area contributed by atoms with Crippen molar-refractivity contribution in [2.45, 2.75) is 38.5 Å². The summed E-state index contributed by atoms with van der Waals surface area (Å²) < 4.78 is 20.1. The maximum Gasteiger partial charge on any atom is 0.336 e. The lowest BCUT2D eigenvalue weighted by Crippen LogP contribution is -2.37. The zero-order valence-corrected chi connectivity index (χ0v) is 20.2. The van der Waals surface area contributed by atoms with Gasteiger partial charge in [-0.05, 0) is 56.5 Å². The lowest BCUT2D eigenvalue weighted by Gasteiger charge is -2.37. The van der Waals surface area contributed by atoms with E-state index in [9.17, 15) is 14.0 Å². The minimum absolute atomic E-state index is 0.167. The Morgan fingerprint density at radius 1 is 1.18 bits per heavy atom. The number of carbonyl (C=O) groups excluding carboxylic acids is 2. The van der Waals surface area contributed by atoms with Crippen molar-refractivity contribution in [1.29, 1.82) is 0 Å². The van der Waals surface area contributed by atoms with Gasteiger partial charge in [-0.25, -0.2) is 9.18 Å². The maximum absolute atomic E-state index is 14.7. The predicted molar refractivity (Wildman–Crippen MR) is 127 cm³/mol. The summed E-state index contributed by atoms with van der Waals surface area (Å²) in [7, 11) is 0. The number of Topliss-reactive ketones (excluding diaryl/α,β-unsaturated/α-hetero) is 1. The summed E-state index contributed by atoms with van der Waals surface area (Å²) in [5, 5.41) is 4.15. The van der Waals surface area contributed by atoms with Crippen molar-refractivity contribution in [1.82, 2.24) is 5.32 Å². The lowest BCUT2D eigenvalue weighted by molar-refractivity contribution is -0.138. The summed E-state index contributed by atoms with van der Waals surface area (Å²) >= 11 is 18.9. The number of ketones is 1. The van der Waals surface area contributed by atoms with Crippen LogP contribution in [0.15, 0.2) is 58.9 Å². The average molecular weight is 509 g/mol. The lowest BCUT2D eigenvalue weighted by atomic mass is 9.70. The van der Waals surface area contributed by atoms with E-state index in [2.05, 4.69) is 5.32 Å². The summed E-state index contributed by atoms with van der Waals surface area (Å²) in [5.74, 6) is -2.96. The molecule has 33 heavy (non-hydrogen) atoms. The van der Waals surface area contributed by atoms with Crippen LogP contribution in [-0.2, 0) is 14.3 Å². The Balaban J connectivity index is 1.90. The minimum atomic E-state index is -0.786. The summed E-state index contributed by atoms with van der Waals surface area (Å²) in [4.78, 5) is 26.9. The standard InChI is InChI=1S/C25H21Cl3FNO3/c1-3-33-25(32)20-12(2)30-19-10-9-15(21-16(27)5-4-6-18(21)29)24(31)23(19)22(20)14-8-7-13(26)11-17(14)28/h4-8,11,15,22,30H,3,9-10H2,1-2H3/t15-,22+/m1/s1. The second-order valence-corrected chi connectivity index (χ2v) is 9.22. The van der Waals surface area contributed by atoms with Crippen LogP contribution in [0.25, 0.3) is 0 Å². The van der Waals surface area contributed by atoms with Crippen molar-refractivity contribution >= 4 is 46.6 Å². The molecular formula is C25H21Cl3FNO3. The van der Waals surface area contributed by atoms with Gasteiger partial charge in [0.15, 0.2) is 5.78 Å². The van der Waals surface area contributed by atoms with Gasteiger partial charge in [-0.2, -0.15) is 0 Å². The SMILES string of the molecule is CCOC(=O)C1=C(C)NC2=C(C(=O)[C@@H](c3c(F)cccc3Cl)CC2)[C@H]1c1ccc(Cl)cc1Cl. The molecule has 1 heterocycles. The number of halogens is 4. The predicted octanol–water partition coefficient (Wildman–Crippen LogP) is 6.71. The second-order valence-electron chi connectivity index (χ2n) is 7.97. The minimum Gasteiger partial charge on any atom is -0.463 e. The molecule has 4 nitrogen and oxygen atoms in total. The van der Waals surface area contributed by atoms with Crippen LogP contribution in [0.5, 0.6) is 0 Å². The second kappa shape index (κ2) is 9.49. The van der Waals surface area contributed by atoms with Crippen molar-refractivity contribution in [2.24, 2.45) is 0 Å². The Hall–Kier alpha value is -2.34. The van der Waals surface area contributed by atoms with E-state index >= 15 is 0 Å². The third kappa shape index (κ3) is 4.30. The van der Waals surface area contributed by atoms with E-state index in [1.807, 2.05) is 0 Å². The zero-order chi connectivity index (χ0) is 23.9. The smallest absolute Gasteiger partial charge is 0.336 e. The van der Waals surface area contributed by atoms with Gasteiger partial charge < -0.3 is 10.1 Å². The molecular weight excluding hydrogens is 488 g/mol. The summed E-state index contributed by atoms with van der Waals surface area (Å²) in [6.07, 6.45) is 0.861. The number of hydrogen-bond donors (Lipinski definition) is 1. The van der Waals surface area contributed by atoms with Gasteiger partial charge in [0.2, 0.25) is 0 Å². The molecule has 0 radical (unpaired) electrons. The van der Waals surface area contributed by atoms with Crippen molar-refractivity contribution in [3.63, 3.8) is 0 Å². The zero-order valence-electron chi connectivity index (χ0n) is 18.0. The van der Waals surface area contributed by atoms with Crippen LogP contribution in [0, 0.1) is 5.82 Å². The fourth-order valence-corrected chi connectivity index (χ4v) is 5.45. The van der Waals surface area contributed by atoms with E-state index in [1.54, 1.807) is 38.1 Å². The van der Waals surface area contributed by atoms with Crippen molar-refractivity contribution in [3.8, 4) is 0 Å². The third-order valence-electron chi connectivity index (χ3n) is 6.03. The molecule has 0 unspecified atom stereocenters. The normalized spacial score (nSPS) is 20.5. The Kier molecular flexibility index (Phi) is 6.85. The molecule has 172 valence electrons. The molecule has 4 rings (SSSR count). The van der Waals surface area contributed by atoms with Gasteiger partial charge in [-0.15, -0.1) is 0 Å². The number of rotatable bonds is 4. The third-order valence-corrected chi connectivity index (χ3v) is 6.92. The molecule has 0 saturated carbocycles. The monoisotopic (exact) mass is 507 g/mol. The van der Waals surface area contributed by atoms with Gasteiger partial charge in [0.05, 0.1) is 18.1 Å². The highest BCUT2D eigenvalue weighted by Gasteiger charge is 2.44. The van der Waals surface area contributed by atoms with Crippen LogP contribution in [0.3, 0.4) is 0 Å². The van der Waals surface area contributed by atoms with Crippen LogP contribution in [-0.4, -0.2) is 18.4 Å². The molecule has 2 aromatic carbocycles. The quantitative estimate of drug-likeness (QED) is 0.466. The van der Waals surface area contributed by atoms with Gasteiger partial charge in [0, 0.05) is 43.5 Å². The molecule has 2 aliphatic rings. The van der Waals surface area contributed by atoms with E-state index in [4.69, 9.17) is 39.5 Å². The highest BCUT2D eigenvalue weighted by molar-refractivity contribution is 6.35. The highest BCUT2D eigenvalue weighted by atomic mass is 35.5. The number of allylic oxidation sites excluding steroid dienone is 3. The number of nitrogens with one attached hydrogen (secondary N) is 1. The maximum atomic E-state index is 14.7. The van der Waals surface area contributed by atoms with Crippen LogP contribution in [0.2, 0.25) is 15.1 Å². The van der Waals surface area contributed by atoms with Gasteiger partial charge in [-0.3, -0.25) is 4.79 Å². The van der Waals surface area contributed by atoms with Crippen molar-refractivity contribution in [2.75, 3.05) is 6.61 Å². The van der Waals surface area contributed by atoms with Gasteiger partial charge in [0.1, 0.15) is 5.82 Å². The first kappa shape index (κ1) is 23.8. The molecule has 0 aromatic heterocycles. The summed E-state index contributed by atoms with van der Waals surface area (Å²) in [6.45, 7) is 3.64. The molecule has 0 bridgehead atoms. The Morgan fingerprint density at radius 2 is 1.94 bits per heavy atom. The Morgan fingerprint density at radius 3 is 2.61 bits per heavy atom. The topological polar surface area (TPSA) is 55.4 Å². The van der Waals surface area contributed by atoms with Crippen molar-refractivity contribution in [3.05, 3.63) is 91.0 Å². The Labute approximate surface area is 206 Å². The van der Waals surface area contributed by atoms with Crippen molar-refractivity contribution < 1.29 is 18.7 Å². The summed E-state index contributed by atoms with van der Waals surface area (Å²) in [5.41, 5.74) is 2.63. The number of dihydropyridines is 1. The first-order chi connectivity index (χ1) is 15.7. The number of carbonyl (C=O) groups is 2. The molecule has 2 aromatic rings. The van der Waals surface area contributed by atoms with E-state index in [-0.39, 0.29) is 28.5 Å². The van der Waals surface area contributed by atoms with Gasteiger partial charge in [-0.1, -0.05) is 46.9 Å². The molecule has 0 saturated heterocycles. The fraction of sp³-hybridized carbons (Fsp3) is 0.280. The van der Waals surface area contributed by atoms with Crippen LogP contribution >= 0.6 is 34.8 Å². The Bertz CT molecular complexity index is 1200. The first-order valence-electron chi connectivity index (χ1n) is 10.6. The summed E-state index contributed by atoms with van der Waals surface area (Å²) in [6, 6.07) is 9.28. The van der Waals surface area contributed by atoms with E-state index < -0.39 is 23.6 Å². The van der Waals surface area contributed by atoms with Gasteiger partial charge in [0.25, 0.3) is 0 Å². The van der Waals surface area contributed by atoms with Crippen LogP contribution in [0.4, 0.5) is 4.39 Å². The molecule has 0 amide bonds. The number of hydrogen-bond acceptors (Lipinski definition) is 4. The number of benzene rings is 2. The van der Waals surface area contributed by atoms with Gasteiger partial charge >= 0.3 is 5.97 Å². The van der Waals surface area contributed by atoms with Crippen LogP contribution < -0.4 is 5.32 Å². The fourth-order valence-electron chi connectivity index (χ4n) is 4.64. The average Bonchev–Trinajstić information content (AvgIpc) is 2.74. The molecule has 0 fully saturated rings. The van der Waals surface area contributed by atoms with Crippen LogP contribution in [0.1, 0.15) is 49.7 Å². The van der Waals surface area contributed by atoms with E-state index in [0.717, 1.165) is 0 Å². The molecule has 1 N–H and O–H groups in total. The largest absolute Gasteiger partial charge is 0.463 e. The molecule has 8 heteroatoms. The van der Waals surface area contributed by atoms with E-state index in [1.165, 1.54) is 12.1 Å². The number of ether oxygens (including phenoxy) is 1. The molecule has 1 aliphatic heterocycles. The molecule has 1 aliphatic carbocycles.